The predicted molar refractivity (Wildman–Crippen MR) is 107 cm³/mol. The molecule has 0 saturated carbocycles. The third-order valence-corrected chi connectivity index (χ3v) is 20.1. The molecule has 132 valence electrons. The summed E-state index contributed by atoms with van der Waals surface area (Å²) in [5, 5.41) is 0. The van der Waals surface area contributed by atoms with Crippen molar-refractivity contribution in [1.82, 2.24) is 0 Å². The van der Waals surface area contributed by atoms with Crippen LogP contribution in [0.3, 0.4) is 0 Å². The number of hydrogen-bond donors (Lipinski definition) is 0. The fourth-order valence-corrected chi connectivity index (χ4v) is 31.8. The monoisotopic (exact) mass is 490 g/mol. The van der Waals surface area contributed by atoms with E-state index in [4.69, 9.17) is 67.4 Å². The van der Waals surface area contributed by atoms with E-state index in [9.17, 15) is 8.78 Å². The van der Waals surface area contributed by atoms with Gasteiger partial charge in [-0.15, -0.1) is 0 Å². The Labute approximate surface area is 165 Å². The molecule has 0 unspecified atom stereocenters. The summed E-state index contributed by atoms with van der Waals surface area (Å²) in [6, 6.07) is 10.1. The summed E-state index contributed by atoms with van der Waals surface area (Å²) >= 11 is 39.1. The SMILES string of the molecule is Fc1ccc(N2P(Cl)(Cl)(Cl)N(c3ccc(F)cc3)P2(Cl)(Cl)Cl)cc1. The summed E-state index contributed by atoms with van der Waals surface area (Å²) in [4.78, 5) is -8.85. The minimum absolute atomic E-state index is 0.269. The van der Waals surface area contributed by atoms with Crippen LogP contribution < -0.4 is 8.88 Å². The van der Waals surface area contributed by atoms with E-state index in [0.29, 0.717) is 0 Å². The Morgan fingerprint density at radius 3 is 1.04 bits per heavy atom. The molecule has 1 aliphatic heterocycles. The summed E-state index contributed by atoms with van der Waals surface area (Å²) in [6.07, 6.45) is 0. The van der Waals surface area contributed by atoms with Crippen molar-refractivity contribution in [2.24, 2.45) is 0 Å². The molecule has 0 aliphatic carbocycles. The third kappa shape index (κ3) is 2.84. The quantitative estimate of drug-likeness (QED) is 0.386. The van der Waals surface area contributed by atoms with Crippen molar-refractivity contribution in [3.8, 4) is 0 Å². The van der Waals surface area contributed by atoms with Crippen LogP contribution in [0.25, 0.3) is 0 Å². The first-order chi connectivity index (χ1) is 10.8. The van der Waals surface area contributed by atoms with Gasteiger partial charge < -0.3 is 0 Å². The van der Waals surface area contributed by atoms with Gasteiger partial charge in [-0.3, -0.25) is 0 Å². The van der Waals surface area contributed by atoms with Crippen LogP contribution in [0.4, 0.5) is 20.2 Å². The van der Waals surface area contributed by atoms with Crippen LogP contribution in [0.15, 0.2) is 48.5 Å². The molecule has 0 atom stereocenters. The maximum absolute atomic E-state index is 13.2. The summed E-state index contributed by atoms with van der Waals surface area (Å²) in [7, 11) is 0. The van der Waals surface area contributed by atoms with Crippen molar-refractivity contribution in [1.29, 1.82) is 0 Å². The second-order valence-electron chi connectivity index (χ2n) is 5.00. The van der Waals surface area contributed by atoms with Crippen LogP contribution >= 0.6 is 77.4 Å². The Hall–Kier alpha value is 0.500. The van der Waals surface area contributed by atoms with E-state index in [1.54, 1.807) is 0 Å². The maximum atomic E-state index is 13.2. The van der Waals surface area contributed by atoms with E-state index in [-0.39, 0.29) is 11.4 Å². The van der Waals surface area contributed by atoms with Gasteiger partial charge in [0.05, 0.1) is 0 Å². The van der Waals surface area contributed by atoms with E-state index in [0.717, 1.165) is 8.88 Å². The molecule has 0 spiro atoms. The normalized spacial score (nSPS) is 26.3. The Kier molecular flexibility index (Phi) is 4.42. The fourth-order valence-electron chi connectivity index (χ4n) is 2.46. The molecule has 1 saturated heterocycles. The first kappa shape index (κ1) is 19.3. The van der Waals surface area contributed by atoms with E-state index in [1.807, 2.05) is 0 Å². The van der Waals surface area contributed by atoms with Gasteiger partial charge >= 0.3 is 167 Å². The van der Waals surface area contributed by atoms with E-state index in [2.05, 4.69) is 0 Å². The molecule has 2 nitrogen and oxygen atoms in total. The first-order valence-electron chi connectivity index (χ1n) is 6.28. The van der Waals surface area contributed by atoms with Crippen LogP contribution in [-0.4, -0.2) is 0 Å². The molecule has 24 heavy (non-hydrogen) atoms. The molecular weight excluding hydrogens is 485 g/mol. The molecule has 0 aromatic heterocycles. The molecule has 12 heteroatoms. The summed E-state index contributed by atoms with van der Waals surface area (Å²) in [5.74, 6) is -0.958. The summed E-state index contributed by atoms with van der Waals surface area (Å²) < 4.78 is 28.6. The molecule has 2 aromatic rings. The molecule has 3 rings (SSSR count). The van der Waals surface area contributed by atoms with E-state index < -0.39 is 21.6 Å². The van der Waals surface area contributed by atoms with Crippen LogP contribution in [0.5, 0.6) is 0 Å². The molecule has 0 radical (unpaired) electrons. The second-order valence-corrected chi connectivity index (χ2v) is 24.8. The Balaban J connectivity index is 2.16. The van der Waals surface area contributed by atoms with Gasteiger partial charge in [0.25, 0.3) is 0 Å². The number of hydrogen-bond acceptors (Lipinski definition) is 2. The van der Waals surface area contributed by atoms with Crippen LogP contribution in [0, 0.1) is 11.6 Å². The van der Waals surface area contributed by atoms with Gasteiger partial charge in [0.15, 0.2) is 0 Å². The zero-order valence-electron chi connectivity index (χ0n) is 11.4. The van der Waals surface area contributed by atoms with Crippen LogP contribution in [0.2, 0.25) is 0 Å². The van der Waals surface area contributed by atoms with Gasteiger partial charge in [-0.1, -0.05) is 0 Å². The topological polar surface area (TPSA) is 6.48 Å². The number of halogens is 8. The van der Waals surface area contributed by atoms with Crippen molar-refractivity contribution >= 4 is 88.7 Å². The van der Waals surface area contributed by atoms with Crippen molar-refractivity contribution in [2.75, 3.05) is 8.88 Å². The zero-order valence-corrected chi connectivity index (χ0v) is 17.8. The summed E-state index contributed by atoms with van der Waals surface area (Å²) in [5.41, 5.74) is 0.537. The minimum atomic E-state index is -4.42. The summed E-state index contributed by atoms with van der Waals surface area (Å²) in [6.45, 7) is 0. The van der Waals surface area contributed by atoms with Crippen LogP contribution in [0.1, 0.15) is 0 Å². The molecule has 1 heterocycles. The zero-order chi connectivity index (χ0) is 18.0. The third-order valence-electron chi connectivity index (χ3n) is 3.31. The molecule has 1 aliphatic rings. The van der Waals surface area contributed by atoms with Gasteiger partial charge in [0.1, 0.15) is 0 Å². The van der Waals surface area contributed by atoms with Crippen molar-refractivity contribution in [3.05, 3.63) is 60.2 Å². The number of anilines is 2. The van der Waals surface area contributed by atoms with E-state index in [1.165, 1.54) is 48.5 Å². The van der Waals surface area contributed by atoms with Crippen molar-refractivity contribution in [2.45, 2.75) is 0 Å². The molecule has 0 bridgehead atoms. The molecule has 0 N–H and O–H groups in total. The average Bonchev–Trinajstić information content (AvgIpc) is 2.41. The average molecular weight is 493 g/mol. The van der Waals surface area contributed by atoms with Gasteiger partial charge in [0.2, 0.25) is 0 Å². The number of benzene rings is 2. The van der Waals surface area contributed by atoms with Crippen molar-refractivity contribution in [3.63, 3.8) is 0 Å². The number of nitrogens with zero attached hydrogens (tertiary/aromatic N) is 2. The Morgan fingerprint density at radius 1 is 0.542 bits per heavy atom. The second kappa shape index (κ2) is 5.50. The van der Waals surface area contributed by atoms with Crippen LogP contribution in [-0.2, 0) is 0 Å². The number of rotatable bonds is 2. The standard InChI is InChI=1S/C12H8Cl6F2N2P2/c13-23(14,15)21(11-5-1-9(19)2-6-11)24(16,17,18)22(23)12-7-3-10(20)4-8-12/h1-8H. The molecule has 2 aromatic carbocycles. The molecule has 1 fully saturated rings. The predicted octanol–water partition coefficient (Wildman–Crippen LogP) is 8.98. The Morgan fingerprint density at radius 2 is 0.792 bits per heavy atom. The molecular formula is C12H8Cl6F2N2P2. The van der Waals surface area contributed by atoms with Gasteiger partial charge in [-0.2, -0.15) is 0 Å². The van der Waals surface area contributed by atoms with E-state index >= 15 is 0 Å². The van der Waals surface area contributed by atoms with Gasteiger partial charge in [-0.05, 0) is 0 Å². The first-order valence-corrected chi connectivity index (χ1v) is 16.0. The van der Waals surface area contributed by atoms with Crippen molar-refractivity contribution < 1.29 is 8.78 Å². The van der Waals surface area contributed by atoms with Gasteiger partial charge in [0, 0.05) is 0 Å². The Bertz CT molecular complexity index is 715. The van der Waals surface area contributed by atoms with Gasteiger partial charge in [-0.25, -0.2) is 0 Å². The molecule has 0 amide bonds. The fraction of sp³-hybridized carbons (Fsp3) is 0.